The molecule has 0 saturated carbocycles. The number of sulfonamides is 1. The van der Waals surface area contributed by atoms with Crippen LogP contribution >= 0.6 is 27.3 Å². The van der Waals surface area contributed by atoms with E-state index in [0.717, 1.165) is 4.88 Å². The number of carbonyl (C=O) groups is 1. The van der Waals surface area contributed by atoms with Gasteiger partial charge in [-0.3, -0.25) is 4.72 Å². The molecule has 0 radical (unpaired) electrons. The lowest BCUT2D eigenvalue weighted by atomic mass is 9.95. The third kappa shape index (κ3) is 4.39. The summed E-state index contributed by atoms with van der Waals surface area (Å²) in [7, 11) is -1.33. The molecule has 6 nitrogen and oxygen atoms in total. The van der Waals surface area contributed by atoms with Crippen molar-refractivity contribution in [2.75, 3.05) is 18.9 Å². The van der Waals surface area contributed by atoms with Gasteiger partial charge in [0.05, 0.1) is 19.9 Å². The lowest BCUT2D eigenvalue weighted by molar-refractivity contribution is 0.0607. The van der Waals surface area contributed by atoms with Crippen molar-refractivity contribution in [3.63, 3.8) is 0 Å². The van der Waals surface area contributed by atoms with Crippen LogP contribution in [0.5, 0.6) is 5.75 Å². The second-order valence-electron chi connectivity index (χ2n) is 6.50. The normalized spacial score (nSPS) is 11.9. The summed E-state index contributed by atoms with van der Waals surface area (Å²) in [4.78, 5) is 13.1. The lowest BCUT2D eigenvalue weighted by Gasteiger charge is -2.15. The van der Waals surface area contributed by atoms with Crippen molar-refractivity contribution in [1.82, 2.24) is 0 Å². The molecule has 9 heteroatoms. The van der Waals surface area contributed by atoms with Gasteiger partial charge < -0.3 is 9.47 Å². The van der Waals surface area contributed by atoms with Gasteiger partial charge in [-0.15, -0.1) is 11.3 Å². The van der Waals surface area contributed by atoms with Crippen LogP contribution in [0.15, 0.2) is 33.6 Å². The Balaban J connectivity index is 2.55. The molecule has 1 aromatic heterocycles. The van der Waals surface area contributed by atoms with Gasteiger partial charge >= 0.3 is 5.97 Å². The zero-order valence-electron chi connectivity index (χ0n) is 15.0. The average Bonchev–Trinajstić information content (AvgIpc) is 2.97. The summed E-state index contributed by atoms with van der Waals surface area (Å²) in [6.07, 6.45) is 0. The molecular formula is C17H20BrNO5S2. The maximum Gasteiger partial charge on any atom is 0.350 e. The number of nitrogens with one attached hydrogen (secondary N) is 1. The van der Waals surface area contributed by atoms with Gasteiger partial charge in [0.15, 0.2) is 0 Å². The minimum Gasteiger partial charge on any atom is -0.495 e. The van der Waals surface area contributed by atoms with Gasteiger partial charge in [-0.25, -0.2) is 13.2 Å². The number of methoxy groups -OCH3 is 2. The largest absolute Gasteiger partial charge is 0.495 e. The van der Waals surface area contributed by atoms with Crippen molar-refractivity contribution >= 4 is 48.9 Å². The van der Waals surface area contributed by atoms with Crippen molar-refractivity contribution in [2.24, 2.45) is 0 Å². The molecule has 0 unspecified atom stereocenters. The number of halogens is 1. The summed E-state index contributed by atoms with van der Waals surface area (Å²) in [6, 6.07) is 6.34. The zero-order valence-corrected chi connectivity index (χ0v) is 18.3. The van der Waals surface area contributed by atoms with Gasteiger partial charge in [0.2, 0.25) is 0 Å². The number of hydrogen-bond donors (Lipinski definition) is 1. The minimum absolute atomic E-state index is 0.0336. The summed E-state index contributed by atoms with van der Waals surface area (Å²) in [5.74, 6) is -0.393. The van der Waals surface area contributed by atoms with E-state index in [-0.39, 0.29) is 26.6 Å². The highest BCUT2D eigenvalue weighted by molar-refractivity contribution is 9.10. The number of thiophene rings is 1. The fraction of sp³-hybridized carbons (Fsp3) is 0.353. The van der Waals surface area contributed by atoms with Gasteiger partial charge in [0.25, 0.3) is 10.0 Å². The first-order valence-corrected chi connectivity index (χ1v) is 10.7. The maximum atomic E-state index is 12.9. The van der Waals surface area contributed by atoms with Crippen LogP contribution in [0.25, 0.3) is 0 Å². The van der Waals surface area contributed by atoms with Crippen LogP contribution in [0, 0.1) is 0 Å². The van der Waals surface area contributed by atoms with E-state index >= 15 is 0 Å². The maximum absolute atomic E-state index is 12.9. The summed E-state index contributed by atoms with van der Waals surface area (Å²) < 4.78 is 38.8. The van der Waals surface area contributed by atoms with Crippen molar-refractivity contribution in [3.8, 4) is 5.75 Å². The number of esters is 1. The van der Waals surface area contributed by atoms with Crippen molar-refractivity contribution in [3.05, 3.63) is 38.5 Å². The van der Waals surface area contributed by atoms with Crippen LogP contribution in [-0.4, -0.2) is 28.6 Å². The smallest absolute Gasteiger partial charge is 0.350 e. The number of rotatable bonds is 5. The Bertz CT molecular complexity index is 929. The van der Waals surface area contributed by atoms with E-state index in [1.54, 1.807) is 18.2 Å². The first kappa shape index (κ1) is 20.7. The van der Waals surface area contributed by atoms with E-state index in [1.807, 2.05) is 20.8 Å². The van der Waals surface area contributed by atoms with Crippen LogP contribution in [-0.2, 0) is 20.2 Å². The summed E-state index contributed by atoms with van der Waals surface area (Å²) in [5.41, 5.74) is -0.0567. The topological polar surface area (TPSA) is 81.7 Å². The Morgan fingerprint density at radius 1 is 1.19 bits per heavy atom. The summed E-state index contributed by atoms with van der Waals surface area (Å²) >= 11 is 4.47. The highest BCUT2D eigenvalue weighted by Gasteiger charge is 2.27. The standard InChI is InChI=1S/C17H20BrNO5S2/c1-17(2,3)14-9-11(15(25-14)16(20)24-5)19-26(21,22)13-8-10(18)6-7-12(13)23-4/h6-9,19H,1-5H3. The van der Waals surface area contributed by atoms with E-state index < -0.39 is 16.0 Å². The van der Waals surface area contributed by atoms with E-state index in [4.69, 9.17) is 9.47 Å². The lowest BCUT2D eigenvalue weighted by Crippen LogP contribution is -2.16. The highest BCUT2D eigenvalue weighted by Crippen LogP contribution is 2.37. The number of carbonyl (C=O) groups excluding carboxylic acids is 1. The fourth-order valence-electron chi connectivity index (χ4n) is 2.14. The monoisotopic (exact) mass is 461 g/mol. The molecule has 0 amide bonds. The van der Waals surface area contributed by atoms with Gasteiger partial charge in [-0.2, -0.15) is 0 Å². The van der Waals surface area contributed by atoms with E-state index in [2.05, 4.69) is 20.7 Å². The second-order valence-corrected chi connectivity index (χ2v) is 10.1. The van der Waals surface area contributed by atoms with Crippen LogP contribution < -0.4 is 9.46 Å². The molecule has 0 aliphatic rings. The Kier molecular flexibility index (Phi) is 6.04. The summed E-state index contributed by atoms with van der Waals surface area (Å²) in [6.45, 7) is 5.94. The van der Waals surface area contributed by atoms with Crippen molar-refractivity contribution in [1.29, 1.82) is 0 Å². The van der Waals surface area contributed by atoms with Crippen molar-refractivity contribution < 1.29 is 22.7 Å². The molecular weight excluding hydrogens is 442 g/mol. The number of hydrogen-bond acceptors (Lipinski definition) is 6. The molecule has 142 valence electrons. The first-order valence-electron chi connectivity index (χ1n) is 7.58. The van der Waals surface area contributed by atoms with Gasteiger partial charge in [0, 0.05) is 9.35 Å². The van der Waals surface area contributed by atoms with Crippen LogP contribution in [0.3, 0.4) is 0 Å². The molecule has 0 fully saturated rings. The molecule has 0 saturated heterocycles. The second kappa shape index (κ2) is 7.58. The highest BCUT2D eigenvalue weighted by atomic mass is 79.9. The number of benzene rings is 1. The van der Waals surface area contributed by atoms with Crippen LogP contribution in [0.4, 0.5) is 5.69 Å². The van der Waals surface area contributed by atoms with Crippen LogP contribution in [0.2, 0.25) is 0 Å². The molecule has 1 N–H and O–H groups in total. The van der Waals surface area contributed by atoms with Gasteiger partial charge in [-0.1, -0.05) is 36.7 Å². The molecule has 0 aliphatic carbocycles. The molecule has 0 spiro atoms. The van der Waals surface area contributed by atoms with E-state index in [0.29, 0.717) is 4.47 Å². The van der Waals surface area contributed by atoms with Gasteiger partial charge in [0.1, 0.15) is 15.5 Å². The van der Waals surface area contributed by atoms with E-state index in [1.165, 1.54) is 31.6 Å². The van der Waals surface area contributed by atoms with E-state index in [9.17, 15) is 13.2 Å². The number of anilines is 1. The average molecular weight is 462 g/mol. The molecule has 0 bridgehead atoms. The predicted molar refractivity (Wildman–Crippen MR) is 106 cm³/mol. The molecule has 26 heavy (non-hydrogen) atoms. The fourth-order valence-corrected chi connectivity index (χ4v) is 5.07. The quantitative estimate of drug-likeness (QED) is 0.666. The Labute approximate surface area is 165 Å². The Hall–Kier alpha value is -1.58. The Morgan fingerprint density at radius 3 is 2.38 bits per heavy atom. The molecule has 2 rings (SSSR count). The zero-order chi connectivity index (χ0) is 19.7. The molecule has 1 heterocycles. The van der Waals surface area contributed by atoms with Crippen molar-refractivity contribution in [2.45, 2.75) is 31.1 Å². The molecule has 0 atom stereocenters. The third-order valence-corrected chi connectivity index (χ3v) is 6.92. The predicted octanol–water partition coefficient (Wildman–Crippen LogP) is 4.40. The first-order chi connectivity index (χ1) is 12.0. The third-order valence-electron chi connectivity index (χ3n) is 3.50. The minimum atomic E-state index is -3.98. The Morgan fingerprint density at radius 2 is 1.85 bits per heavy atom. The molecule has 2 aromatic rings. The van der Waals surface area contributed by atoms with Crippen LogP contribution in [0.1, 0.15) is 35.3 Å². The number of ether oxygens (including phenoxy) is 2. The molecule has 1 aromatic carbocycles. The van der Waals surface area contributed by atoms with Gasteiger partial charge in [-0.05, 0) is 29.7 Å². The molecule has 0 aliphatic heterocycles. The SMILES string of the molecule is COC(=O)c1sc(C(C)(C)C)cc1NS(=O)(=O)c1cc(Br)ccc1OC. The summed E-state index contributed by atoms with van der Waals surface area (Å²) in [5, 5.41) is 0.